The molecule has 2 aromatic heterocycles. The molecule has 0 aliphatic carbocycles. The van der Waals surface area contributed by atoms with E-state index in [2.05, 4.69) is 26.9 Å². The monoisotopic (exact) mass is 341 g/mol. The Morgan fingerprint density at radius 3 is 2.92 bits per heavy atom. The summed E-state index contributed by atoms with van der Waals surface area (Å²) in [7, 11) is 2.02. The van der Waals surface area contributed by atoms with E-state index in [-0.39, 0.29) is 6.17 Å². The van der Waals surface area contributed by atoms with Crippen molar-refractivity contribution in [3.63, 3.8) is 0 Å². The number of imidazole rings is 1. The fourth-order valence-corrected chi connectivity index (χ4v) is 3.45. The molecule has 0 radical (unpaired) electrons. The molecule has 1 atom stereocenters. The lowest BCUT2D eigenvalue weighted by Crippen LogP contribution is -2.45. The minimum atomic E-state index is 0.0322. The summed E-state index contributed by atoms with van der Waals surface area (Å²) in [6.07, 6.45) is 7.41. The van der Waals surface area contributed by atoms with Crippen molar-refractivity contribution in [2.75, 3.05) is 0 Å². The molecule has 0 fully saturated rings. The summed E-state index contributed by atoms with van der Waals surface area (Å²) < 4.78 is 2.07. The van der Waals surface area contributed by atoms with Crippen molar-refractivity contribution >= 4 is 23.0 Å². The first-order valence-corrected chi connectivity index (χ1v) is 8.75. The summed E-state index contributed by atoms with van der Waals surface area (Å²) in [5, 5.41) is 4.94. The van der Waals surface area contributed by atoms with Crippen LogP contribution in [0.5, 0.6) is 0 Å². The highest BCUT2D eigenvalue weighted by molar-refractivity contribution is 7.13. The maximum absolute atomic E-state index is 4.78. The van der Waals surface area contributed by atoms with E-state index in [1.807, 2.05) is 43.0 Å². The van der Waals surface area contributed by atoms with E-state index in [4.69, 9.17) is 9.98 Å². The summed E-state index contributed by atoms with van der Waals surface area (Å²) in [5.74, 6) is 2.95. The van der Waals surface area contributed by atoms with Crippen molar-refractivity contribution in [1.82, 2.24) is 25.0 Å². The predicted molar refractivity (Wildman–Crippen MR) is 95.7 cm³/mol. The van der Waals surface area contributed by atoms with Crippen LogP contribution in [0.3, 0.4) is 0 Å². The van der Waals surface area contributed by atoms with Gasteiger partial charge in [-0.1, -0.05) is 0 Å². The normalized spacial score (nSPS) is 19.5. The highest BCUT2D eigenvalue weighted by Gasteiger charge is 2.30. The molecule has 2 aromatic rings. The van der Waals surface area contributed by atoms with Crippen LogP contribution in [0.25, 0.3) is 10.7 Å². The van der Waals surface area contributed by atoms with Gasteiger partial charge in [-0.3, -0.25) is 5.43 Å². The van der Waals surface area contributed by atoms with Gasteiger partial charge in [-0.05, 0) is 19.4 Å². The van der Waals surface area contributed by atoms with Crippen molar-refractivity contribution in [2.45, 2.75) is 32.9 Å². The Balaban J connectivity index is 1.46. The molecule has 2 aliphatic heterocycles. The molecule has 0 saturated heterocycles. The number of fused-ring (bicyclic) bond motifs is 1. The predicted octanol–water partition coefficient (Wildman–Crippen LogP) is 2.36. The van der Waals surface area contributed by atoms with E-state index in [9.17, 15) is 0 Å². The minimum absolute atomic E-state index is 0.0322. The molecule has 4 heterocycles. The third kappa shape index (κ3) is 2.62. The Labute approximate surface area is 144 Å². The molecule has 7 nitrogen and oxygen atoms in total. The summed E-state index contributed by atoms with van der Waals surface area (Å²) in [4.78, 5) is 18.2. The second-order valence-corrected chi connectivity index (χ2v) is 6.87. The smallest absolute Gasteiger partial charge is 0.166 e. The lowest BCUT2D eigenvalue weighted by molar-refractivity contribution is 0.338. The van der Waals surface area contributed by atoms with Crippen molar-refractivity contribution in [3.8, 4) is 10.7 Å². The van der Waals surface area contributed by atoms with Crippen molar-refractivity contribution in [2.24, 2.45) is 17.0 Å². The summed E-state index contributed by atoms with van der Waals surface area (Å²) >= 11 is 1.61. The second kappa shape index (κ2) is 5.86. The Hall–Kier alpha value is -2.48. The van der Waals surface area contributed by atoms with Crippen LogP contribution in [0, 0.1) is 0 Å². The first kappa shape index (κ1) is 15.1. The first-order valence-electron chi connectivity index (χ1n) is 7.87. The average Bonchev–Trinajstić information content (AvgIpc) is 3.28. The topological polar surface area (TPSA) is 70.7 Å². The molecule has 8 heteroatoms. The van der Waals surface area contributed by atoms with Gasteiger partial charge in [0.05, 0.1) is 0 Å². The van der Waals surface area contributed by atoms with E-state index in [1.165, 1.54) is 0 Å². The van der Waals surface area contributed by atoms with Crippen LogP contribution in [0.2, 0.25) is 0 Å². The van der Waals surface area contributed by atoms with Crippen molar-refractivity contribution in [1.29, 1.82) is 0 Å². The third-order valence-electron chi connectivity index (χ3n) is 4.19. The Bertz CT molecular complexity index is 844. The quantitative estimate of drug-likeness (QED) is 0.927. The summed E-state index contributed by atoms with van der Waals surface area (Å²) in [5.41, 5.74) is 5.44. The number of nitrogens with zero attached hydrogens (tertiary/aromatic N) is 6. The number of hydrogen-bond acceptors (Lipinski definition) is 7. The van der Waals surface area contributed by atoms with E-state index < -0.39 is 0 Å². The highest BCUT2D eigenvalue weighted by atomic mass is 32.1. The molecule has 1 N–H and O–H groups in total. The molecule has 0 aromatic carbocycles. The molecule has 0 amide bonds. The SMILES string of the molecule is CC1=CN=C(C)N2NC(CCc3nc(-c4nccs4)cn3C)=NC12. The number of aryl methyl sites for hydroxylation is 2. The van der Waals surface area contributed by atoms with Crippen LogP contribution in [0.1, 0.15) is 26.1 Å². The first-order chi connectivity index (χ1) is 11.6. The standard InChI is InChI=1S/C16H19N7S/c1-10-8-18-11(2)23-15(10)20-13(21-23)4-5-14-19-12(9-22(14)3)16-17-6-7-24-16/h6-9,15H,4-5H2,1-3H3,(H,20,21). The van der Waals surface area contributed by atoms with Crippen LogP contribution in [0.4, 0.5) is 0 Å². The Morgan fingerprint density at radius 2 is 2.17 bits per heavy atom. The molecule has 2 aliphatic rings. The number of hydrazine groups is 1. The third-order valence-corrected chi connectivity index (χ3v) is 4.99. The maximum Gasteiger partial charge on any atom is 0.166 e. The van der Waals surface area contributed by atoms with Gasteiger partial charge < -0.3 is 4.57 Å². The second-order valence-electron chi connectivity index (χ2n) is 5.97. The number of amidine groups is 2. The molecular weight excluding hydrogens is 322 g/mol. The van der Waals surface area contributed by atoms with Crippen LogP contribution in [-0.4, -0.2) is 37.4 Å². The van der Waals surface area contributed by atoms with Crippen LogP contribution >= 0.6 is 11.3 Å². The molecule has 0 saturated carbocycles. The Morgan fingerprint density at radius 1 is 1.29 bits per heavy atom. The van der Waals surface area contributed by atoms with Crippen molar-refractivity contribution in [3.05, 3.63) is 35.4 Å². The fourth-order valence-electron chi connectivity index (χ4n) is 2.86. The molecule has 24 heavy (non-hydrogen) atoms. The summed E-state index contributed by atoms with van der Waals surface area (Å²) in [6.45, 7) is 4.04. The average molecular weight is 341 g/mol. The Kier molecular flexibility index (Phi) is 3.68. The zero-order chi connectivity index (χ0) is 16.7. The zero-order valence-corrected chi connectivity index (χ0v) is 14.7. The number of rotatable bonds is 4. The van der Waals surface area contributed by atoms with Gasteiger partial charge in [-0.2, -0.15) is 0 Å². The molecule has 124 valence electrons. The van der Waals surface area contributed by atoms with E-state index in [0.29, 0.717) is 0 Å². The van der Waals surface area contributed by atoms with E-state index in [0.717, 1.165) is 46.6 Å². The number of aromatic nitrogens is 3. The van der Waals surface area contributed by atoms with Gasteiger partial charge in [-0.15, -0.1) is 11.3 Å². The number of nitrogens with one attached hydrogen (secondary N) is 1. The van der Waals surface area contributed by atoms with Gasteiger partial charge in [0.25, 0.3) is 0 Å². The lowest BCUT2D eigenvalue weighted by Gasteiger charge is -2.27. The molecule has 0 bridgehead atoms. The van der Waals surface area contributed by atoms with E-state index in [1.54, 1.807) is 11.3 Å². The van der Waals surface area contributed by atoms with Gasteiger partial charge in [0.15, 0.2) is 6.17 Å². The van der Waals surface area contributed by atoms with Crippen LogP contribution in [0.15, 0.2) is 39.5 Å². The van der Waals surface area contributed by atoms with Crippen molar-refractivity contribution < 1.29 is 0 Å². The van der Waals surface area contributed by atoms with Crippen LogP contribution < -0.4 is 5.43 Å². The lowest BCUT2D eigenvalue weighted by atomic mass is 10.2. The molecule has 0 spiro atoms. The van der Waals surface area contributed by atoms with Gasteiger partial charge in [0.2, 0.25) is 0 Å². The molecular formula is C16H19N7S. The maximum atomic E-state index is 4.78. The van der Waals surface area contributed by atoms with Gasteiger partial charge in [-0.25, -0.2) is 25.0 Å². The van der Waals surface area contributed by atoms with Gasteiger partial charge in [0, 0.05) is 43.9 Å². The summed E-state index contributed by atoms with van der Waals surface area (Å²) in [6, 6.07) is 0. The number of thiazole rings is 1. The highest BCUT2D eigenvalue weighted by Crippen LogP contribution is 2.23. The van der Waals surface area contributed by atoms with Gasteiger partial charge in [0.1, 0.15) is 28.2 Å². The minimum Gasteiger partial charge on any atom is -0.337 e. The van der Waals surface area contributed by atoms with Gasteiger partial charge >= 0.3 is 0 Å². The molecule has 1 unspecified atom stereocenters. The molecule has 4 rings (SSSR count). The number of hydrogen-bond donors (Lipinski definition) is 1. The fraction of sp³-hybridized carbons (Fsp3) is 0.375. The van der Waals surface area contributed by atoms with Crippen LogP contribution in [-0.2, 0) is 13.5 Å². The van der Waals surface area contributed by atoms with E-state index >= 15 is 0 Å². The zero-order valence-electron chi connectivity index (χ0n) is 13.9. The number of aliphatic imine (C=N–C) groups is 2. The largest absolute Gasteiger partial charge is 0.337 e.